The Morgan fingerprint density at radius 2 is 1.78 bits per heavy atom. The molecule has 6 heteroatoms. The fourth-order valence-electron chi connectivity index (χ4n) is 3.43. The quantitative estimate of drug-likeness (QED) is 0.572. The number of hydrogen-bond donors (Lipinski definition) is 3. The van der Waals surface area contributed by atoms with Crippen LogP contribution in [0.4, 0.5) is 0 Å². The van der Waals surface area contributed by atoms with Crippen LogP contribution in [0.2, 0.25) is 0 Å². The number of benzene rings is 1. The van der Waals surface area contributed by atoms with E-state index in [2.05, 4.69) is 10.6 Å². The van der Waals surface area contributed by atoms with E-state index in [1.165, 1.54) is 0 Å². The number of carbonyl (C=O) groups excluding carboxylic acids is 1. The van der Waals surface area contributed by atoms with Crippen molar-refractivity contribution in [3.8, 4) is 0 Å². The minimum Gasteiger partial charge on any atom is -0.456 e. The van der Waals surface area contributed by atoms with E-state index >= 15 is 0 Å². The minimum atomic E-state index is -1.57. The molecule has 1 atom stereocenters. The molecule has 0 amide bonds. The zero-order valence-electron chi connectivity index (χ0n) is 13.0. The van der Waals surface area contributed by atoms with Gasteiger partial charge in [-0.3, -0.25) is 0 Å². The van der Waals surface area contributed by atoms with Gasteiger partial charge in [0.25, 0.3) is 0 Å². The molecule has 3 N–H and O–H groups in total. The fraction of sp³-hybridized carbons (Fsp3) is 0.529. The first-order valence-electron chi connectivity index (χ1n) is 8.11. The van der Waals surface area contributed by atoms with Crippen LogP contribution in [0.3, 0.4) is 0 Å². The average molecular weight is 334 g/mol. The molecule has 1 unspecified atom stereocenters. The van der Waals surface area contributed by atoms with Gasteiger partial charge >= 0.3 is 5.97 Å². The molecule has 3 rings (SSSR count). The molecule has 1 aliphatic heterocycles. The third kappa shape index (κ3) is 3.33. The highest BCUT2D eigenvalue weighted by molar-refractivity contribution is 7.80. The van der Waals surface area contributed by atoms with Gasteiger partial charge in [0.2, 0.25) is 0 Å². The summed E-state index contributed by atoms with van der Waals surface area (Å²) in [6.07, 6.45) is 3.41. The van der Waals surface area contributed by atoms with Crippen LogP contribution in [0.5, 0.6) is 0 Å². The van der Waals surface area contributed by atoms with E-state index in [0.29, 0.717) is 23.8 Å². The number of esters is 1. The lowest BCUT2D eigenvalue weighted by molar-refractivity contribution is -0.179. The molecule has 2 fully saturated rings. The molecule has 0 aromatic heterocycles. The lowest BCUT2D eigenvalue weighted by atomic mass is 9.80. The number of carbonyl (C=O) groups is 1. The Morgan fingerprint density at radius 3 is 2.39 bits per heavy atom. The predicted molar refractivity (Wildman–Crippen MR) is 90.8 cm³/mol. The Morgan fingerprint density at radius 1 is 1.17 bits per heavy atom. The van der Waals surface area contributed by atoms with Gasteiger partial charge in [-0.1, -0.05) is 43.2 Å². The molecule has 2 aliphatic rings. The van der Waals surface area contributed by atoms with E-state index in [1.807, 2.05) is 18.2 Å². The Labute approximate surface area is 141 Å². The summed E-state index contributed by atoms with van der Waals surface area (Å²) >= 11 is 5.00. The lowest BCUT2D eigenvalue weighted by Crippen LogP contribution is -2.54. The molecule has 1 heterocycles. The van der Waals surface area contributed by atoms with Crippen molar-refractivity contribution in [2.75, 3.05) is 13.1 Å². The summed E-state index contributed by atoms with van der Waals surface area (Å²) in [5.74, 6) is -0.653. The van der Waals surface area contributed by atoms with Crippen LogP contribution in [-0.4, -0.2) is 35.4 Å². The summed E-state index contributed by atoms with van der Waals surface area (Å²) in [6, 6.07) is 9.15. The predicted octanol–water partition coefficient (Wildman–Crippen LogP) is 1.45. The van der Waals surface area contributed by atoms with Crippen LogP contribution in [0.15, 0.2) is 30.3 Å². The lowest BCUT2D eigenvalue weighted by Gasteiger charge is -2.35. The Bertz CT molecular complexity index is 564. The SMILES string of the molecule is O=C(OC1CNC(=S)NC1)C(O)(c1ccccc1)C1CCCC1. The van der Waals surface area contributed by atoms with Crippen LogP contribution in [0.25, 0.3) is 0 Å². The number of ether oxygens (including phenoxy) is 1. The van der Waals surface area contributed by atoms with Gasteiger partial charge < -0.3 is 20.5 Å². The molecule has 1 aromatic carbocycles. The molecular weight excluding hydrogens is 312 g/mol. The van der Waals surface area contributed by atoms with Crippen molar-refractivity contribution >= 4 is 23.3 Å². The number of rotatable bonds is 4. The molecule has 23 heavy (non-hydrogen) atoms. The van der Waals surface area contributed by atoms with E-state index in [0.717, 1.165) is 25.7 Å². The molecule has 1 aliphatic carbocycles. The first-order valence-corrected chi connectivity index (χ1v) is 8.52. The normalized spacial score (nSPS) is 22.0. The Balaban J connectivity index is 1.80. The molecule has 124 valence electrons. The number of aliphatic hydroxyl groups is 1. The Hall–Kier alpha value is -1.66. The smallest absolute Gasteiger partial charge is 0.343 e. The molecule has 5 nitrogen and oxygen atoms in total. The van der Waals surface area contributed by atoms with E-state index in [4.69, 9.17) is 17.0 Å². The van der Waals surface area contributed by atoms with Crippen molar-refractivity contribution in [2.45, 2.75) is 37.4 Å². The van der Waals surface area contributed by atoms with E-state index in [1.54, 1.807) is 12.1 Å². The van der Waals surface area contributed by atoms with Crippen molar-refractivity contribution in [2.24, 2.45) is 5.92 Å². The van der Waals surface area contributed by atoms with Crippen molar-refractivity contribution in [3.05, 3.63) is 35.9 Å². The van der Waals surface area contributed by atoms with E-state index in [9.17, 15) is 9.90 Å². The minimum absolute atomic E-state index is 0.0945. The highest BCUT2D eigenvalue weighted by Crippen LogP contribution is 2.41. The molecule has 0 radical (unpaired) electrons. The molecule has 1 saturated heterocycles. The average Bonchev–Trinajstić information content (AvgIpc) is 3.12. The van der Waals surface area contributed by atoms with Gasteiger partial charge in [0, 0.05) is 5.92 Å². The van der Waals surface area contributed by atoms with Crippen LogP contribution in [0.1, 0.15) is 31.2 Å². The summed E-state index contributed by atoms with van der Waals surface area (Å²) in [6.45, 7) is 0.931. The van der Waals surface area contributed by atoms with Crippen LogP contribution >= 0.6 is 12.2 Å². The van der Waals surface area contributed by atoms with Crippen LogP contribution in [0, 0.1) is 5.92 Å². The Kier molecular flexibility index (Phi) is 4.82. The number of hydrogen-bond acceptors (Lipinski definition) is 4. The second-order valence-corrected chi connectivity index (χ2v) is 6.64. The van der Waals surface area contributed by atoms with Crippen molar-refractivity contribution in [1.29, 1.82) is 0 Å². The van der Waals surface area contributed by atoms with Crippen molar-refractivity contribution in [3.63, 3.8) is 0 Å². The number of nitrogens with one attached hydrogen (secondary N) is 2. The van der Waals surface area contributed by atoms with Crippen molar-refractivity contribution < 1.29 is 14.6 Å². The summed E-state index contributed by atoms with van der Waals surface area (Å²) in [4.78, 5) is 12.8. The third-order valence-corrected chi connectivity index (χ3v) is 5.01. The highest BCUT2D eigenvalue weighted by atomic mass is 32.1. The molecular formula is C17H22N2O3S. The van der Waals surface area contributed by atoms with Crippen LogP contribution in [-0.2, 0) is 15.1 Å². The van der Waals surface area contributed by atoms with Gasteiger partial charge in [0.1, 0.15) is 6.10 Å². The van der Waals surface area contributed by atoms with Gasteiger partial charge in [-0.2, -0.15) is 0 Å². The zero-order valence-corrected chi connectivity index (χ0v) is 13.8. The standard InChI is InChI=1S/C17H22N2O3S/c20-15(22-14-10-18-16(23)19-11-14)17(21,13-8-4-5-9-13)12-6-2-1-3-7-12/h1-3,6-7,13-14,21H,4-5,8-11H2,(H2,18,19,23). The summed E-state index contributed by atoms with van der Waals surface area (Å²) in [7, 11) is 0. The maximum Gasteiger partial charge on any atom is 0.343 e. The first kappa shape index (κ1) is 16.2. The zero-order chi connectivity index (χ0) is 16.3. The highest BCUT2D eigenvalue weighted by Gasteiger charge is 2.48. The summed E-state index contributed by atoms with van der Waals surface area (Å²) in [5.41, 5.74) is -0.959. The second kappa shape index (κ2) is 6.84. The molecule has 1 saturated carbocycles. The van der Waals surface area contributed by atoms with E-state index in [-0.39, 0.29) is 12.0 Å². The molecule has 1 aromatic rings. The van der Waals surface area contributed by atoms with Crippen LogP contribution < -0.4 is 10.6 Å². The maximum atomic E-state index is 12.8. The van der Waals surface area contributed by atoms with Gasteiger partial charge in [0.15, 0.2) is 10.7 Å². The fourth-order valence-corrected chi connectivity index (χ4v) is 3.59. The topological polar surface area (TPSA) is 70.6 Å². The van der Waals surface area contributed by atoms with E-state index < -0.39 is 11.6 Å². The number of thiocarbonyl (C=S) groups is 1. The molecule has 0 bridgehead atoms. The maximum absolute atomic E-state index is 12.8. The third-order valence-electron chi connectivity index (χ3n) is 4.73. The second-order valence-electron chi connectivity index (χ2n) is 6.23. The molecule has 0 spiro atoms. The van der Waals surface area contributed by atoms with Gasteiger partial charge in [-0.05, 0) is 30.6 Å². The summed E-state index contributed by atoms with van der Waals surface area (Å²) < 4.78 is 5.60. The van der Waals surface area contributed by atoms with Gasteiger partial charge in [-0.25, -0.2) is 4.79 Å². The summed E-state index contributed by atoms with van der Waals surface area (Å²) in [5, 5.41) is 17.8. The van der Waals surface area contributed by atoms with Gasteiger partial charge in [-0.15, -0.1) is 0 Å². The van der Waals surface area contributed by atoms with Crippen molar-refractivity contribution in [1.82, 2.24) is 10.6 Å². The monoisotopic (exact) mass is 334 g/mol. The van der Waals surface area contributed by atoms with Gasteiger partial charge in [0.05, 0.1) is 13.1 Å². The largest absolute Gasteiger partial charge is 0.456 e. The first-order chi connectivity index (χ1) is 11.1.